The third kappa shape index (κ3) is 9.65. The smallest absolute Gasteiger partial charge is 0.306 e. The Kier molecular flexibility index (Phi) is 8.84. The molecule has 0 atom stereocenters. The van der Waals surface area contributed by atoms with Crippen LogP contribution in [0.3, 0.4) is 0 Å². The fourth-order valence-corrected chi connectivity index (χ4v) is 1.61. The molecule has 3 heteroatoms. The number of hydrogen-bond acceptors (Lipinski definition) is 3. The Morgan fingerprint density at radius 1 is 1.50 bits per heavy atom. The van der Waals surface area contributed by atoms with Crippen molar-refractivity contribution in [2.75, 3.05) is 18.1 Å². The number of esters is 1. The van der Waals surface area contributed by atoms with Crippen molar-refractivity contribution in [1.29, 1.82) is 0 Å². The van der Waals surface area contributed by atoms with E-state index in [9.17, 15) is 4.79 Å². The van der Waals surface area contributed by atoms with Gasteiger partial charge < -0.3 is 4.74 Å². The van der Waals surface area contributed by atoms with Crippen LogP contribution in [-0.2, 0) is 9.53 Å². The highest BCUT2D eigenvalue weighted by atomic mass is 32.2. The van der Waals surface area contributed by atoms with Crippen LogP contribution in [0.2, 0.25) is 0 Å². The van der Waals surface area contributed by atoms with Crippen LogP contribution in [0, 0.1) is 0 Å². The number of hydrogen-bond donors (Lipinski definition) is 0. The second kappa shape index (κ2) is 9.13. The van der Waals surface area contributed by atoms with Crippen molar-refractivity contribution < 1.29 is 9.53 Å². The molecule has 0 fully saturated rings. The second-order valence-electron chi connectivity index (χ2n) is 3.33. The van der Waals surface area contributed by atoms with Gasteiger partial charge in [0.1, 0.15) is 0 Å². The lowest BCUT2D eigenvalue weighted by molar-refractivity contribution is -0.143. The highest BCUT2D eigenvalue weighted by molar-refractivity contribution is 7.99. The molecular formula is C11H20O2S. The van der Waals surface area contributed by atoms with E-state index in [1.165, 1.54) is 0 Å². The van der Waals surface area contributed by atoms with Gasteiger partial charge in [-0.2, -0.15) is 11.8 Å². The summed E-state index contributed by atoms with van der Waals surface area (Å²) in [5, 5.41) is 0. The molecule has 0 bridgehead atoms. The standard InChI is InChI=1S/C11H20O2S/c1-4-5-7-13-11(12)6-8-14-9-10(2)3/h2,4-9H2,1,3H3. The SMILES string of the molecule is C=C(C)CSCCC(=O)OCCCC. The quantitative estimate of drug-likeness (QED) is 0.354. The third-order valence-corrected chi connectivity index (χ3v) is 2.75. The summed E-state index contributed by atoms with van der Waals surface area (Å²) in [7, 11) is 0. The maximum Gasteiger partial charge on any atom is 0.306 e. The van der Waals surface area contributed by atoms with E-state index in [0.29, 0.717) is 13.0 Å². The van der Waals surface area contributed by atoms with E-state index in [1.54, 1.807) is 11.8 Å². The highest BCUT2D eigenvalue weighted by Gasteiger charge is 2.01. The zero-order valence-electron chi connectivity index (χ0n) is 9.17. The number of unbranched alkanes of at least 4 members (excludes halogenated alkanes) is 1. The zero-order valence-corrected chi connectivity index (χ0v) is 9.99. The third-order valence-electron chi connectivity index (χ3n) is 1.56. The van der Waals surface area contributed by atoms with Crippen molar-refractivity contribution in [3.05, 3.63) is 12.2 Å². The van der Waals surface area contributed by atoms with Crippen LogP contribution in [-0.4, -0.2) is 24.1 Å². The minimum absolute atomic E-state index is 0.0762. The summed E-state index contributed by atoms with van der Waals surface area (Å²) in [4.78, 5) is 11.1. The van der Waals surface area contributed by atoms with Crippen LogP contribution < -0.4 is 0 Å². The minimum atomic E-state index is -0.0762. The Hall–Kier alpha value is -0.440. The molecule has 0 aromatic heterocycles. The topological polar surface area (TPSA) is 26.3 Å². The predicted octanol–water partition coefficient (Wildman–Crippen LogP) is 3.03. The Morgan fingerprint density at radius 2 is 2.21 bits per heavy atom. The number of ether oxygens (including phenoxy) is 1. The van der Waals surface area contributed by atoms with Crippen LogP contribution in [0.4, 0.5) is 0 Å². The molecule has 0 rings (SSSR count). The molecule has 0 aromatic rings. The molecule has 0 amide bonds. The molecule has 0 aromatic carbocycles. The summed E-state index contributed by atoms with van der Waals surface area (Å²) in [5.74, 6) is 1.69. The van der Waals surface area contributed by atoms with Crippen LogP contribution >= 0.6 is 11.8 Å². The first-order valence-corrected chi connectivity index (χ1v) is 6.20. The zero-order chi connectivity index (χ0) is 10.8. The van der Waals surface area contributed by atoms with Gasteiger partial charge in [-0.25, -0.2) is 0 Å². The first-order valence-electron chi connectivity index (χ1n) is 5.04. The lowest BCUT2D eigenvalue weighted by Crippen LogP contribution is -2.06. The molecule has 0 aliphatic rings. The van der Waals surface area contributed by atoms with E-state index in [-0.39, 0.29) is 5.97 Å². The summed E-state index contributed by atoms with van der Waals surface area (Å²) < 4.78 is 5.01. The second-order valence-corrected chi connectivity index (χ2v) is 4.44. The van der Waals surface area contributed by atoms with Gasteiger partial charge in [-0.15, -0.1) is 0 Å². The van der Waals surface area contributed by atoms with E-state index >= 15 is 0 Å². The first kappa shape index (κ1) is 13.6. The van der Waals surface area contributed by atoms with Gasteiger partial charge in [-0.3, -0.25) is 4.79 Å². The molecule has 0 aliphatic carbocycles. The van der Waals surface area contributed by atoms with Crippen LogP contribution in [0.5, 0.6) is 0 Å². The lowest BCUT2D eigenvalue weighted by Gasteiger charge is -2.03. The molecule has 0 heterocycles. The van der Waals surface area contributed by atoms with Gasteiger partial charge in [0, 0.05) is 11.5 Å². The minimum Gasteiger partial charge on any atom is -0.466 e. The molecule has 0 unspecified atom stereocenters. The van der Waals surface area contributed by atoms with Crippen molar-refractivity contribution in [2.45, 2.75) is 33.1 Å². The van der Waals surface area contributed by atoms with Gasteiger partial charge in [0.2, 0.25) is 0 Å². The molecule has 0 N–H and O–H groups in total. The number of thioether (sulfide) groups is 1. The monoisotopic (exact) mass is 216 g/mol. The van der Waals surface area contributed by atoms with Crippen LogP contribution in [0.1, 0.15) is 33.1 Å². The molecule has 14 heavy (non-hydrogen) atoms. The molecule has 0 aliphatic heterocycles. The van der Waals surface area contributed by atoms with Gasteiger partial charge in [0.25, 0.3) is 0 Å². The molecule has 2 nitrogen and oxygen atoms in total. The van der Waals surface area contributed by atoms with E-state index in [2.05, 4.69) is 13.5 Å². The van der Waals surface area contributed by atoms with Crippen LogP contribution in [0.15, 0.2) is 12.2 Å². The van der Waals surface area contributed by atoms with Crippen molar-refractivity contribution in [2.24, 2.45) is 0 Å². The average Bonchev–Trinajstić information content (AvgIpc) is 2.13. The lowest BCUT2D eigenvalue weighted by atomic mass is 10.4. The molecule has 82 valence electrons. The fraction of sp³-hybridized carbons (Fsp3) is 0.727. The van der Waals surface area contributed by atoms with Crippen LogP contribution in [0.25, 0.3) is 0 Å². The van der Waals surface area contributed by atoms with Crippen molar-refractivity contribution in [3.8, 4) is 0 Å². The summed E-state index contributed by atoms with van der Waals surface area (Å²) in [6, 6.07) is 0. The average molecular weight is 216 g/mol. The molecule has 0 saturated heterocycles. The Labute approximate surface area is 91.1 Å². The highest BCUT2D eigenvalue weighted by Crippen LogP contribution is 2.07. The van der Waals surface area contributed by atoms with Crippen molar-refractivity contribution in [1.82, 2.24) is 0 Å². The van der Waals surface area contributed by atoms with Gasteiger partial charge in [-0.05, 0) is 13.3 Å². The molecule has 0 saturated carbocycles. The van der Waals surface area contributed by atoms with Gasteiger partial charge >= 0.3 is 5.97 Å². The summed E-state index contributed by atoms with van der Waals surface area (Å²) in [6.45, 7) is 8.44. The number of carbonyl (C=O) groups is 1. The summed E-state index contributed by atoms with van der Waals surface area (Å²) in [6.07, 6.45) is 2.55. The Bertz CT molecular complexity index is 178. The number of carbonyl (C=O) groups excluding carboxylic acids is 1. The molecular weight excluding hydrogens is 196 g/mol. The largest absolute Gasteiger partial charge is 0.466 e. The van der Waals surface area contributed by atoms with E-state index < -0.39 is 0 Å². The Morgan fingerprint density at radius 3 is 2.79 bits per heavy atom. The van der Waals surface area contributed by atoms with E-state index in [0.717, 1.165) is 29.9 Å². The fourth-order valence-electron chi connectivity index (χ4n) is 0.804. The van der Waals surface area contributed by atoms with E-state index in [1.807, 2.05) is 6.92 Å². The Balaban J connectivity index is 3.22. The maximum atomic E-state index is 11.1. The summed E-state index contributed by atoms with van der Waals surface area (Å²) in [5.41, 5.74) is 1.15. The first-order chi connectivity index (χ1) is 6.66. The number of rotatable bonds is 8. The van der Waals surface area contributed by atoms with Gasteiger partial charge in [0.05, 0.1) is 13.0 Å². The normalized spacial score (nSPS) is 9.86. The molecule has 0 radical (unpaired) electrons. The summed E-state index contributed by atoms with van der Waals surface area (Å²) >= 11 is 1.73. The predicted molar refractivity (Wildman–Crippen MR) is 62.6 cm³/mol. The maximum absolute atomic E-state index is 11.1. The van der Waals surface area contributed by atoms with Gasteiger partial charge in [-0.1, -0.05) is 25.5 Å². The van der Waals surface area contributed by atoms with Crippen molar-refractivity contribution in [3.63, 3.8) is 0 Å². The van der Waals surface area contributed by atoms with Gasteiger partial charge in [0.15, 0.2) is 0 Å². The molecule has 0 spiro atoms. The van der Waals surface area contributed by atoms with E-state index in [4.69, 9.17) is 4.74 Å². The van der Waals surface area contributed by atoms with Crippen molar-refractivity contribution >= 4 is 17.7 Å².